The van der Waals surface area contributed by atoms with Gasteiger partial charge >= 0.3 is 0 Å². The molecule has 1 atom stereocenters. The molecule has 0 amide bonds. The van der Waals surface area contributed by atoms with Gasteiger partial charge in [-0.1, -0.05) is 60.7 Å². The fourth-order valence-electron chi connectivity index (χ4n) is 2.96. The molecule has 0 saturated carbocycles. The van der Waals surface area contributed by atoms with Gasteiger partial charge in [0.1, 0.15) is 5.60 Å². The van der Waals surface area contributed by atoms with Crippen LogP contribution in [0.2, 0.25) is 0 Å². The predicted molar refractivity (Wildman–Crippen MR) is 91.0 cm³/mol. The van der Waals surface area contributed by atoms with Gasteiger partial charge in [0.05, 0.1) is 6.10 Å². The summed E-state index contributed by atoms with van der Waals surface area (Å²) in [6.45, 7) is 2.11. The lowest BCUT2D eigenvalue weighted by Crippen LogP contribution is -2.30. The van der Waals surface area contributed by atoms with E-state index in [1.807, 2.05) is 12.1 Å². The van der Waals surface area contributed by atoms with Crippen molar-refractivity contribution in [2.45, 2.75) is 37.9 Å². The van der Waals surface area contributed by atoms with Gasteiger partial charge in [-0.25, -0.2) is 0 Å². The third-order valence-corrected chi connectivity index (χ3v) is 4.37. The minimum Gasteiger partial charge on any atom is -0.382 e. The summed E-state index contributed by atoms with van der Waals surface area (Å²) in [5, 5.41) is 0. The third-order valence-electron chi connectivity index (χ3n) is 4.37. The number of rotatable bonds is 8. The average Bonchev–Trinajstić information content (AvgIpc) is 2.60. The zero-order chi connectivity index (χ0) is 15.8. The first-order valence-corrected chi connectivity index (χ1v) is 7.92. The summed E-state index contributed by atoms with van der Waals surface area (Å²) in [4.78, 5) is 0. The van der Waals surface area contributed by atoms with Gasteiger partial charge in [0.15, 0.2) is 0 Å². The minimum atomic E-state index is -0.393. The first-order chi connectivity index (χ1) is 10.7. The topological polar surface area (TPSA) is 18.5 Å². The molecule has 0 aliphatic rings. The zero-order valence-corrected chi connectivity index (χ0v) is 13.8. The summed E-state index contributed by atoms with van der Waals surface area (Å²) in [6.07, 6.45) is 3.29. The van der Waals surface area contributed by atoms with Crippen LogP contribution in [0.5, 0.6) is 0 Å². The Morgan fingerprint density at radius 2 is 1.36 bits per heavy atom. The van der Waals surface area contributed by atoms with Crippen LogP contribution in [-0.2, 0) is 15.1 Å². The molecule has 2 rings (SSSR count). The Kier molecular flexibility index (Phi) is 6.17. The van der Waals surface area contributed by atoms with Crippen molar-refractivity contribution < 1.29 is 9.47 Å². The highest BCUT2D eigenvalue weighted by atomic mass is 16.5. The summed E-state index contributed by atoms with van der Waals surface area (Å²) in [5.41, 5.74) is 2.01. The molecular weight excluding hydrogens is 272 g/mol. The van der Waals surface area contributed by atoms with Crippen molar-refractivity contribution >= 4 is 0 Å². The molecule has 0 aliphatic heterocycles. The Morgan fingerprint density at radius 3 is 1.77 bits per heavy atom. The molecule has 0 N–H and O–H groups in total. The van der Waals surface area contributed by atoms with E-state index in [1.54, 1.807) is 14.2 Å². The van der Waals surface area contributed by atoms with Crippen LogP contribution >= 0.6 is 0 Å². The van der Waals surface area contributed by atoms with E-state index < -0.39 is 5.60 Å². The smallest absolute Gasteiger partial charge is 0.118 e. The van der Waals surface area contributed by atoms with E-state index in [9.17, 15) is 0 Å². The van der Waals surface area contributed by atoms with Crippen LogP contribution < -0.4 is 0 Å². The molecule has 2 nitrogen and oxygen atoms in total. The van der Waals surface area contributed by atoms with Crippen LogP contribution in [0.4, 0.5) is 0 Å². The lowest BCUT2D eigenvalue weighted by molar-refractivity contribution is 0.00832. The molecule has 0 aliphatic carbocycles. The number of benzene rings is 2. The maximum atomic E-state index is 6.08. The molecule has 0 heterocycles. The van der Waals surface area contributed by atoms with Crippen LogP contribution in [0.3, 0.4) is 0 Å². The van der Waals surface area contributed by atoms with Crippen molar-refractivity contribution in [1.29, 1.82) is 0 Å². The molecule has 0 spiro atoms. The van der Waals surface area contributed by atoms with E-state index in [-0.39, 0.29) is 6.10 Å². The second kappa shape index (κ2) is 8.11. The Bertz CT molecular complexity index is 497. The summed E-state index contributed by atoms with van der Waals surface area (Å²) < 4.78 is 11.5. The number of hydrogen-bond acceptors (Lipinski definition) is 2. The summed E-state index contributed by atoms with van der Waals surface area (Å²) in [6, 6.07) is 21.0. The highest BCUT2D eigenvalue weighted by molar-refractivity contribution is 5.36. The first kappa shape index (κ1) is 16.7. The van der Waals surface area contributed by atoms with Crippen molar-refractivity contribution in [3.63, 3.8) is 0 Å². The second-order valence-electron chi connectivity index (χ2n) is 5.70. The van der Waals surface area contributed by atoms with Gasteiger partial charge in [-0.2, -0.15) is 0 Å². The highest BCUT2D eigenvalue weighted by Crippen LogP contribution is 2.38. The average molecular weight is 298 g/mol. The lowest BCUT2D eigenvalue weighted by atomic mass is 9.81. The normalized spacial score (nSPS) is 13.0. The maximum absolute atomic E-state index is 6.08. The van der Waals surface area contributed by atoms with Crippen molar-refractivity contribution in [3.05, 3.63) is 71.8 Å². The van der Waals surface area contributed by atoms with Crippen molar-refractivity contribution in [1.82, 2.24) is 0 Å². The molecule has 0 saturated heterocycles. The highest BCUT2D eigenvalue weighted by Gasteiger charge is 2.33. The first-order valence-electron chi connectivity index (χ1n) is 7.92. The fraction of sp³-hybridized carbons (Fsp3) is 0.400. The van der Waals surface area contributed by atoms with Crippen LogP contribution in [0.25, 0.3) is 0 Å². The molecule has 118 valence electrons. The van der Waals surface area contributed by atoms with Crippen LogP contribution in [-0.4, -0.2) is 20.3 Å². The number of ether oxygens (including phenoxy) is 2. The Morgan fingerprint density at radius 1 is 0.864 bits per heavy atom. The van der Waals surface area contributed by atoms with Crippen LogP contribution in [0, 0.1) is 0 Å². The van der Waals surface area contributed by atoms with Gasteiger partial charge in [-0.15, -0.1) is 0 Å². The fourth-order valence-corrected chi connectivity index (χ4v) is 2.96. The molecule has 0 fully saturated rings. The largest absolute Gasteiger partial charge is 0.382 e. The van der Waals surface area contributed by atoms with Crippen molar-refractivity contribution in [2.75, 3.05) is 14.2 Å². The third kappa shape index (κ3) is 3.76. The van der Waals surface area contributed by atoms with Gasteiger partial charge in [-0.05, 0) is 37.3 Å². The molecule has 0 bridgehead atoms. The number of methoxy groups -OCH3 is 2. The second-order valence-corrected chi connectivity index (χ2v) is 5.70. The summed E-state index contributed by atoms with van der Waals surface area (Å²) in [7, 11) is 3.57. The lowest BCUT2D eigenvalue weighted by Gasteiger charge is -2.34. The molecule has 1 unspecified atom stereocenters. The van der Waals surface area contributed by atoms with Gasteiger partial charge in [0.25, 0.3) is 0 Å². The van der Waals surface area contributed by atoms with Crippen LogP contribution in [0.15, 0.2) is 60.7 Å². The van der Waals surface area contributed by atoms with E-state index in [4.69, 9.17) is 9.47 Å². The molecule has 22 heavy (non-hydrogen) atoms. The molecule has 2 heteroatoms. The zero-order valence-electron chi connectivity index (χ0n) is 13.8. The molecule has 2 aromatic rings. The molecule has 0 aromatic heterocycles. The summed E-state index contributed by atoms with van der Waals surface area (Å²) >= 11 is 0. The van der Waals surface area contributed by atoms with Gasteiger partial charge in [-0.3, -0.25) is 0 Å². The molecular formula is C20H26O2. The molecule has 0 radical (unpaired) electrons. The maximum Gasteiger partial charge on any atom is 0.118 e. The Balaban J connectivity index is 2.31. The van der Waals surface area contributed by atoms with Gasteiger partial charge in [0.2, 0.25) is 0 Å². The van der Waals surface area contributed by atoms with Gasteiger partial charge in [0, 0.05) is 14.2 Å². The monoisotopic (exact) mass is 298 g/mol. The Labute approximate surface area is 134 Å². The van der Waals surface area contributed by atoms with E-state index in [1.165, 1.54) is 11.1 Å². The van der Waals surface area contributed by atoms with E-state index >= 15 is 0 Å². The van der Waals surface area contributed by atoms with Crippen LogP contribution in [0.1, 0.15) is 37.3 Å². The van der Waals surface area contributed by atoms with E-state index in [0.717, 1.165) is 19.3 Å². The summed E-state index contributed by atoms with van der Waals surface area (Å²) in [5.74, 6) is 0. The van der Waals surface area contributed by atoms with E-state index in [2.05, 4.69) is 55.5 Å². The van der Waals surface area contributed by atoms with E-state index in [0.29, 0.717) is 0 Å². The number of hydrogen-bond donors (Lipinski definition) is 0. The quantitative estimate of drug-likeness (QED) is 0.698. The standard InChI is InChI=1S/C20H26O2/c1-17(21-2)11-10-16-20(22-3,18-12-6-4-7-13-18)19-14-8-5-9-15-19/h4-9,12-15,17H,10-11,16H2,1-3H3. The van der Waals surface area contributed by atoms with Gasteiger partial charge < -0.3 is 9.47 Å². The van der Waals surface area contributed by atoms with Crippen molar-refractivity contribution in [2.24, 2.45) is 0 Å². The predicted octanol–water partition coefficient (Wildman–Crippen LogP) is 4.78. The SMILES string of the molecule is COC(C)CCCC(OC)(c1ccccc1)c1ccccc1. The van der Waals surface area contributed by atoms with Crippen molar-refractivity contribution in [3.8, 4) is 0 Å². The molecule has 2 aromatic carbocycles. The minimum absolute atomic E-state index is 0.279. The Hall–Kier alpha value is -1.64.